The van der Waals surface area contributed by atoms with Crippen LogP contribution in [0.25, 0.3) is 10.9 Å². The maximum absolute atomic E-state index is 11.8. The van der Waals surface area contributed by atoms with Crippen molar-refractivity contribution in [1.82, 2.24) is 4.57 Å². The second kappa shape index (κ2) is 6.07. The van der Waals surface area contributed by atoms with Gasteiger partial charge in [0.05, 0.1) is 11.1 Å². The fraction of sp³-hybridized carbons (Fsp3) is 0.318. The second-order valence-electron chi connectivity index (χ2n) is 7.35. The van der Waals surface area contributed by atoms with Gasteiger partial charge in [0.2, 0.25) is 0 Å². The van der Waals surface area contributed by atoms with Crippen LogP contribution in [0.2, 0.25) is 0 Å². The van der Waals surface area contributed by atoms with Gasteiger partial charge in [-0.1, -0.05) is 48.9 Å². The Bertz CT molecular complexity index is 950. The molecule has 25 heavy (non-hydrogen) atoms. The van der Waals surface area contributed by atoms with Crippen molar-refractivity contribution in [1.29, 1.82) is 0 Å². The molecule has 0 saturated heterocycles. The molecule has 1 aliphatic carbocycles. The van der Waals surface area contributed by atoms with Gasteiger partial charge in [0.25, 0.3) is 0 Å². The molecule has 0 aliphatic heterocycles. The van der Waals surface area contributed by atoms with E-state index in [4.69, 9.17) is 0 Å². The Labute approximate surface area is 147 Å². The van der Waals surface area contributed by atoms with Gasteiger partial charge in [-0.05, 0) is 49.3 Å². The first-order valence-corrected chi connectivity index (χ1v) is 8.96. The summed E-state index contributed by atoms with van der Waals surface area (Å²) in [5.74, 6) is -0.196. The van der Waals surface area contributed by atoms with Crippen molar-refractivity contribution in [2.24, 2.45) is 5.92 Å². The van der Waals surface area contributed by atoms with E-state index < -0.39 is 5.97 Å². The summed E-state index contributed by atoms with van der Waals surface area (Å²) in [7, 11) is 0. The van der Waals surface area contributed by atoms with E-state index in [9.17, 15) is 9.90 Å². The zero-order valence-electron chi connectivity index (χ0n) is 14.7. The molecule has 1 aliphatic rings. The molecule has 0 bridgehead atoms. The molecule has 2 aromatic carbocycles. The third kappa shape index (κ3) is 2.74. The van der Waals surface area contributed by atoms with Gasteiger partial charge in [-0.25, -0.2) is 4.79 Å². The minimum atomic E-state index is -0.848. The molecule has 1 N–H and O–H groups in total. The van der Waals surface area contributed by atoms with E-state index in [0.29, 0.717) is 11.5 Å². The normalized spacial score (nSPS) is 16.8. The van der Waals surface area contributed by atoms with Crippen LogP contribution in [-0.4, -0.2) is 15.6 Å². The Morgan fingerprint density at radius 2 is 1.96 bits per heavy atom. The first kappa shape index (κ1) is 15.9. The number of rotatable bonds is 3. The number of carboxylic acid groups (broad SMARTS) is 1. The first-order valence-electron chi connectivity index (χ1n) is 8.96. The maximum atomic E-state index is 11.8. The van der Waals surface area contributed by atoms with Gasteiger partial charge in [0, 0.05) is 17.6 Å². The molecule has 0 spiro atoms. The van der Waals surface area contributed by atoms with Crippen molar-refractivity contribution in [2.45, 2.75) is 39.7 Å². The molecule has 0 amide bonds. The summed E-state index contributed by atoms with van der Waals surface area (Å²) in [5, 5.41) is 10.8. The van der Waals surface area contributed by atoms with Crippen LogP contribution < -0.4 is 0 Å². The summed E-state index contributed by atoms with van der Waals surface area (Å²) < 4.78 is 2.25. The average Bonchev–Trinajstić information content (AvgIpc) is 2.90. The predicted molar refractivity (Wildman–Crippen MR) is 100 cm³/mol. The van der Waals surface area contributed by atoms with Crippen molar-refractivity contribution >= 4 is 16.9 Å². The lowest BCUT2D eigenvalue weighted by atomic mass is 9.87. The third-order valence-electron chi connectivity index (χ3n) is 5.42. The molecule has 4 rings (SSSR count). The van der Waals surface area contributed by atoms with E-state index in [0.717, 1.165) is 30.3 Å². The Kier molecular flexibility index (Phi) is 3.87. The summed E-state index contributed by atoms with van der Waals surface area (Å²) in [5.41, 5.74) is 6.42. The SMILES string of the molecule is Cc1ccc(Cn2c3c(c4cccc(C(=O)O)c42)CC(C)CC3)cc1. The lowest BCUT2D eigenvalue weighted by Gasteiger charge is -2.21. The highest BCUT2D eigenvalue weighted by molar-refractivity contribution is 6.04. The number of fused-ring (bicyclic) bond motifs is 3. The van der Waals surface area contributed by atoms with Crippen molar-refractivity contribution in [3.05, 3.63) is 70.4 Å². The van der Waals surface area contributed by atoms with Crippen LogP contribution in [0.3, 0.4) is 0 Å². The zero-order valence-corrected chi connectivity index (χ0v) is 14.7. The quantitative estimate of drug-likeness (QED) is 0.746. The number of para-hydroxylation sites is 1. The Hall–Kier alpha value is -2.55. The summed E-state index contributed by atoms with van der Waals surface area (Å²) in [6.45, 7) is 5.10. The van der Waals surface area contributed by atoms with E-state index >= 15 is 0 Å². The number of carboxylic acids is 1. The fourth-order valence-corrected chi connectivity index (χ4v) is 4.10. The highest BCUT2D eigenvalue weighted by Crippen LogP contribution is 2.36. The van der Waals surface area contributed by atoms with Crippen molar-refractivity contribution in [3.8, 4) is 0 Å². The molecule has 0 radical (unpaired) electrons. The van der Waals surface area contributed by atoms with Gasteiger partial charge in [-0.2, -0.15) is 0 Å². The van der Waals surface area contributed by atoms with Crippen molar-refractivity contribution < 1.29 is 9.90 Å². The standard InChI is InChI=1S/C22H23NO2/c1-14-6-9-16(10-7-14)13-23-20-11-8-15(2)12-19(20)17-4-3-5-18(21(17)23)22(24)25/h3-7,9-10,15H,8,11-13H2,1-2H3,(H,24,25). The van der Waals surface area contributed by atoms with Crippen molar-refractivity contribution in [3.63, 3.8) is 0 Å². The Balaban J connectivity index is 1.94. The second-order valence-corrected chi connectivity index (χ2v) is 7.35. The fourth-order valence-electron chi connectivity index (χ4n) is 4.10. The van der Waals surface area contributed by atoms with E-state index in [-0.39, 0.29) is 0 Å². The van der Waals surface area contributed by atoms with E-state index in [1.807, 2.05) is 6.07 Å². The van der Waals surface area contributed by atoms with Gasteiger partial charge in [-0.3, -0.25) is 0 Å². The number of hydrogen-bond donors (Lipinski definition) is 1. The number of carbonyl (C=O) groups is 1. The van der Waals surface area contributed by atoms with Gasteiger partial charge >= 0.3 is 5.97 Å². The highest BCUT2D eigenvalue weighted by atomic mass is 16.4. The molecule has 0 fully saturated rings. The van der Waals surface area contributed by atoms with Crippen LogP contribution in [0.15, 0.2) is 42.5 Å². The number of aromatic nitrogens is 1. The number of hydrogen-bond acceptors (Lipinski definition) is 1. The lowest BCUT2D eigenvalue weighted by Crippen LogP contribution is -2.14. The highest BCUT2D eigenvalue weighted by Gasteiger charge is 2.26. The van der Waals surface area contributed by atoms with Crippen molar-refractivity contribution in [2.75, 3.05) is 0 Å². The molecule has 128 valence electrons. The van der Waals surface area contributed by atoms with Crippen LogP contribution >= 0.6 is 0 Å². The minimum Gasteiger partial charge on any atom is -0.478 e. The van der Waals surface area contributed by atoms with Gasteiger partial charge in [-0.15, -0.1) is 0 Å². The van der Waals surface area contributed by atoms with Gasteiger partial charge in [0.15, 0.2) is 0 Å². The Morgan fingerprint density at radius 3 is 2.68 bits per heavy atom. The van der Waals surface area contributed by atoms with E-state index in [2.05, 4.69) is 48.7 Å². The monoisotopic (exact) mass is 333 g/mol. The number of aryl methyl sites for hydroxylation is 1. The van der Waals surface area contributed by atoms with E-state index in [1.165, 1.54) is 28.8 Å². The molecule has 3 nitrogen and oxygen atoms in total. The maximum Gasteiger partial charge on any atom is 0.337 e. The molecule has 1 aromatic heterocycles. The van der Waals surface area contributed by atoms with Crippen LogP contribution in [0.1, 0.15) is 46.1 Å². The van der Waals surface area contributed by atoms with Crippen LogP contribution in [0.4, 0.5) is 0 Å². The Morgan fingerprint density at radius 1 is 1.20 bits per heavy atom. The number of nitrogens with zero attached hydrogens (tertiary/aromatic N) is 1. The average molecular weight is 333 g/mol. The van der Waals surface area contributed by atoms with Gasteiger partial charge in [0.1, 0.15) is 0 Å². The summed E-state index contributed by atoms with van der Waals surface area (Å²) in [6.07, 6.45) is 3.23. The molecule has 3 aromatic rings. The molecular weight excluding hydrogens is 310 g/mol. The molecule has 0 saturated carbocycles. The minimum absolute atomic E-state index is 0.409. The van der Waals surface area contributed by atoms with Crippen LogP contribution in [0.5, 0.6) is 0 Å². The summed E-state index contributed by atoms with van der Waals surface area (Å²) in [6, 6.07) is 14.2. The molecule has 1 unspecified atom stereocenters. The zero-order chi connectivity index (χ0) is 17.6. The predicted octanol–water partition coefficient (Wildman–Crippen LogP) is 4.82. The third-order valence-corrected chi connectivity index (χ3v) is 5.42. The molecule has 3 heteroatoms. The first-order chi connectivity index (χ1) is 12.0. The van der Waals surface area contributed by atoms with Gasteiger partial charge < -0.3 is 9.67 Å². The largest absolute Gasteiger partial charge is 0.478 e. The molecule has 1 atom stereocenters. The summed E-state index contributed by atoms with van der Waals surface area (Å²) in [4.78, 5) is 11.8. The smallest absolute Gasteiger partial charge is 0.337 e. The van der Waals surface area contributed by atoms with E-state index in [1.54, 1.807) is 6.07 Å². The lowest BCUT2D eigenvalue weighted by molar-refractivity contribution is 0.0698. The number of aromatic carboxylic acids is 1. The summed E-state index contributed by atoms with van der Waals surface area (Å²) >= 11 is 0. The molecular formula is C22H23NO2. The number of benzene rings is 2. The topological polar surface area (TPSA) is 42.2 Å². The molecule has 1 heterocycles. The van der Waals surface area contributed by atoms with Crippen LogP contribution in [-0.2, 0) is 19.4 Å². The van der Waals surface area contributed by atoms with Crippen LogP contribution in [0, 0.1) is 12.8 Å².